The van der Waals surface area contributed by atoms with Crippen molar-refractivity contribution in [2.45, 2.75) is 45.4 Å². The van der Waals surface area contributed by atoms with Gasteiger partial charge in [-0.1, -0.05) is 0 Å². The van der Waals surface area contributed by atoms with E-state index in [1.54, 1.807) is 35.6 Å². The molecule has 1 aromatic carbocycles. The van der Waals surface area contributed by atoms with Crippen LogP contribution in [0.15, 0.2) is 54.0 Å². The Bertz CT molecular complexity index is 1580. The third kappa shape index (κ3) is 5.08. The van der Waals surface area contributed by atoms with Crippen LogP contribution in [0.25, 0.3) is 10.9 Å². The number of nitrogens with zero attached hydrogens (tertiary/aromatic N) is 6. The molecular weight excluding hydrogens is 518 g/mol. The first-order valence-electron chi connectivity index (χ1n) is 13.5. The van der Waals surface area contributed by atoms with Crippen LogP contribution in [-0.4, -0.2) is 56.8 Å². The number of hydrogen-bond acceptors (Lipinski definition) is 8. The summed E-state index contributed by atoms with van der Waals surface area (Å²) in [5.41, 5.74) is 1.49. The highest BCUT2D eigenvalue weighted by Crippen LogP contribution is 2.33. The van der Waals surface area contributed by atoms with E-state index in [1.165, 1.54) is 0 Å². The summed E-state index contributed by atoms with van der Waals surface area (Å²) in [5.74, 6) is -0.994. The van der Waals surface area contributed by atoms with Crippen molar-refractivity contribution in [1.29, 1.82) is 0 Å². The van der Waals surface area contributed by atoms with Crippen LogP contribution in [-0.2, 0) is 19.6 Å². The number of piperidine rings is 1. The molecule has 1 fully saturated rings. The summed E-state index contributed by atoms with van der Waals surface area (Å²) < 4.78 is 41.8. The van der Waals surface area contributed by atoms with Gasteiger partial charge in [-0.3, -0.25) is 14.7 Å². The third-order valence-electron chi connectivity index (χ3n) is 7.50. The van der Waals surface area contributed by atoms with Gasteiger partial charge < -0.3 is 18.9 Å². The Morgan fingerprint density at radius 1 is 1.15 bits per heavy atom. The monoisotopic (exact) mass is 548 g/mol. The number of ether oxygens (including phenoxy) is 2. The Labute approximate surface area is 230 Å². The molecule has 4 aromatic rings. The van der Waals surface area contributed by atoms with E-state index in [0.717, 1.165) is 36.8 Å². The van der Waals surface area contributed by atoms with Crippen molar-refractivity contribution in [2.24, 2.45) is 0 Å². The molecule has 2 aliphatic rings. The molecular formula is C29H30F2N6O3. The minimum atomic E-state index is -1.09. The van der Waals surface area contributed by atoms with E-state index in [-0.39, 0.29) is 29.2 Å². The van der Waals surface area contributed by atoms with Crippen LogP contribution in [0.5, 0.6) is 11.6 Å². The minimum Gasteiger partial charge on any atom is -0.486 e. The Hall–Kier alpha value is -4.12. The highest BCUT2D eigenvalue weighted by Gasteiger charge is 2.29. The molecule has 2 aliphatic heterocycles. The predicted octanol–water partition coefficient (Wildman–Crippen LogP) is 3.93. The van der Waals surface area contributed by atoms with Crippen molar-refractivity contribution in [3.8, 4) is 11.6 Å². The van der Waals surface area contributed by atoms with Crippen LogP contribution >= 0.6 is 0 Å². The number of pyridine rings is 2. The second-order valence-electron chi connectivity index (χ2n) is 10.1. The maximum absolute atomic E-state index is 14.5. The lowest BCUT2D eigenvalue weighted by Gasteiger charge is -2.40. The van der Waals surface area contributed by atoms with E-state index in [1.807, 2.05) is 19.1 Å². The normalized spacial score (nSPS) is 16.8. The molecule has 0 radical (unpaired) electrons. The van der Waals surface area contributed by atoms with Gasteiger partial charge in [0.1, 0.15) is 12.4 Å². The van der Waals surface area contributed by atoms with Crippen LogP contribution in [0.1, 0.15) is 30.9 Å². The summed E-state index contributed by atoms with van der Waals surface area (Å²) in [6, 6.07) is 4.94. The molecule has 0 amide bonds. The quantitative estimate of drug-likeness (QED) is 0.328. The maximum Gasteiger partial charge on any atom is 0.213 e. The van der Waals surface area contributed by atoms with Gasteiger partial charge in [-0.25, -0.2) is 14.4 Å². The number of aromatic nitrogens is 4. The van der Waals surface area contributed by atoms with Crippen LogP contribution in [0.4, 0.5) is 14.6 Å². The zero-order valence-corrected chi connectivity index (χ0v) is 22.2. The molecule has 0 saturated carbocycles. The lowest BCUT2D eigenvalue weighted by Crippen LogP contribution is -2.48. The molecule has 40 heavy (non-hydrogen) atoms. The van der Waals surface area contributed by atoms with E-state index in [4.69, 9.17) is 9.47 Å². The Balaban J connectivity index is 1.38. The molecule has 208 valence electrons. The molecule has 0 aliphatic carbocycles. The summed E-state index contributed by atoms with van der Waals surface area (Å²) in [6.45, 7) is 5.50. The van der Waals surface area contributed by atoms with Crippen LogP contribution in [0, 0.1) is 11.6 Å². The maximum atomic E-state index is 14.5. The van der Waals surface area contributed by atoms with Crippen LogP contribution in [0.2, 0.25) is 0 Å². The average molecular weight is 549 g/mol. The topological polar surface area (TPSA) is 85.6 Å². The summed E-state index contributed by atoms with van der Waals surface area (Å²) in [4.78, 5) is 31.2. The summed E-state index contributed by atoms with van der Waals surface area (Å²) >= 11 is 0. The van der Waals surface area contributed by atoms with Crippen LogP contribution in [0.3, 0.4) is 0 Å². The van der Waals surface area contributed by atoms with Gasteiger partial charge in [0.05, 0.1) is 30.3 Å². The summed E-state index contributed by atoms with van der Waals surface area (Å²) in [7, 11) is 0. The van der Waals surface area contributed by atoms with Gasteiger partial charge in [-0.15, -0.1) is 0 Å². The molecule has 1 unspecified atom stereocenters. The molecule has 1 atom stereocenters. The van der Waals surface area contributed by atoms with E-state index in [2.05, 4.69) is 24.8 Å². The largest absolute Gasteiger partial charge is 0.486 e. The predicted molar refractivity (Wildman–Crippen MR) is 146 cm³/mol. The molecule has 0 spiro atoms. The fraction of sp³-hybridized carbons (Fsp3) is 0.379. The van der Waals surface area contributed by atoms with Gasteiger partial charge in [0.15, 0.2) is 17.0 Å². The second kappa shape index (κ2) is 11.2. The summed E-state index contributed by atoms with van der Waals surface area (Å²) in [5, 5.41) is 0.124. The standard InChI is InChI=1S/C29H30F2N6O3/c1-2-39-25-12-19(5-6-34-25)15-37(21-4-3-9-35(18-21)24-14-32-7-8-33-24)17-20-16-36-10-11-40-29-26(31)23(30)13-22(27(29)36)28(20)38/h5-8,12-14,16,21H,2-4,9-11,15,17-18H2,1H3. The number of anilines is 1. The number of hydrogen-bond donors (Lipinski definition) is 0. The number of halogens is 2. The van der Waals surface area contributed by atoms with E-state index < -0.39 is 11.6 Å². The second-order valence-corrected chi connectivity index (χ2v) is 10.1. The molecule has 6 rings (SSSR count). The van der Waals surface area contributed by atoms with E-state index in [9.17, 15) is 13.6 Å². The van der Waals surface area contributed by atoms with Crippen molar-refractivity contribution < 1.29 is 18.3 Å². The lowest BCUT2D eigenvalue weighted by atomic mass is 10.0. The number of rotatable bonds is 8. The van der Waals surface area contributed by atoms with Crippen molar-refractivity contribution >= 4 is 16.7 Å². The Kier molecular flexibility index (Phi) is 7.29. The fourth-order valence-electron chi connectivity index (χ4n) is 5.66. The zero-order chi connectivity index (χ0) is 27.6. The molecule has 0 N–H and O–H groups in total. The van der Waals surface area contributed by atoms with Crippen molar-refractivity contribution in [2.75, 3.05) is 31.2 Å². The Morgan fingerprint density at radius 2 is 2.05 bits per heavy atom. The van der Waals surface area contributed by atoms with Gasteiger partial charge in [-0.05, 0) is 37.5 Å². The fourth-order valence-corrected chi connectivity index (χ4v) is 5.66. The van der Waals surface area contributed by atoms with Crippen molar-refractivity contribution in [3.05, 3.63) is 82.2 Å². The van der Waals surface area contributed by atoms with Crippen molar-refractivity contribution in [3.63, 3.8) is 0 Å². The van der Waals surface area contributed by atoms with Gasteiger partial charge in [0, 0.05) is 68.6 Å². The SMILES string of the molecule is CCOc1cc(CN(Cc2cn3c4c(c(F)c(F)cc4c2=O)OCC3)C2CCCN(c3cnccn3)C2)ccn1. The molecule has 0 bridgehead atoms. The minimum absolute atomic E-state index is 0.0970. The van der Waals surface area contributed by atoms with Gasteiger partial charge in [-0.2, -0.15) is 4.39 Å². The molecule has 11 heteroatoms. The molecule has 9 nitrogen and oxygen atoms in total. The summed E-state index contributed by atoms with van der Waals surface area (Å²) in [6.07, 6.45) is 10.5. The molecule has 5 heterocycles. The first kappa shape index (κ1) is 26.1. The van der Waals surface area contributed by atoms with Gasteiger partial charge >= 0.3 is 0 Å². The van der Waals surface area contributed by atoms with Crippen molar-refractivity contribution in [1.82, 2.24) is 24.4 Å². The van der Waals surface area contributed by atoms with E-state index in [0.29, 0.717) is 49.7 Å². The van der Waals surface area contributed by atoms with E-state index >= 15 is 0 Å². The third-order valence-corrected chi connectivity index (χ3v) is 7.50. The van der Waals surface area contributed by atoms with Gasteiger partial charge in [0.2, 0.25) is 11.7 Å². The zero-order valence-electron chi connectivity index (χ0n) is 22.2. The van der Waals surface area contributed by atoms with Gasteiger partial charge in [0.25, 0.3) is 0 Å². The lowest BCUT2D eigenvalue weighted by molar-refractivity contribution is 0.157. The highest BCUT2D eigenvalue weighted by molar-refractivity contribution is 5.86. The smallest absolute Gasteiger partial charge is 0.213 e. The highest BCUT2D eigenvalue weighted by atomic mass is 19.2. The first-order valence-corrected chi connectivity index (χ1v) is 13.5. The van der Waals surface area contributed by atoms with Crippen LogP contribution < -0.4 is 19.8 Å². The first-order chi connectivity index (χ1) is 19.5. The molecule has 1 saturated heterocycles. The Morgan fingerprint density at radius 3 is 2.88 bits per heavy atom. The number of benzene rings is 1. The molecule has 3 aromatic heterocycles. The average Bonchev–Trinajstić information content (AvgIpc) is 2.98.